The van der Waals surface area contributed by atoms with E-state index in [4.69, 9.17) is 4.74 Å². The maximum Gasteiger partial charge on any atom is 0.313 e. The summed E-state index contributed by atoms with van der Waals surface area (Å²) in [4.78, 5) is 13.0. The second-order valence-electron chi connectivity index (χ2n) is 8.86. The number of hydrogen-bond acceptors (Lipinski definition) is 5. The van der Waals surface area contributed by atoms with Crippen LogP contribution >= 0.6 is 0 Å². The first-order valence-corrected chi connectivity index (χ1v) is 11.0. The largest absolute Gasteiger partial charge is 0.745 e. The van der Waals surface area contributed by atoms with Gasteiger partial charge < -0.3 is 9.29 Å². The molecule has 0 heterocycles. The number of carbonyl (C=O) groups is 1. The third-order valence-electron chi connectivity index (χ3n) is 7.01. The van der Waals surface area contributed by atoms with E-state index in [1.165, 1.54) is 19.3 Å². The molecule has 6 heteroatoms. The van der Waals surface area contributed by atoms with Crippen LogP contribution in [0.2, 0.25) is 0 Å². The molecule has 0 N–H and O–H groups in total. The Labute approximate surface area is 144 Å². The summed E-state index contributed by atoms with van der Waals surface area (Å²) in [5.74, 6) is 1.04. The van der Waals surface area contributed by atoms with Gasteiger partial charge in [-0.15, -0.1) is 0 Å². The Morgan fingerprint density at radius 3 is 1.92 bits per heavy atom. The highest BCUT2D eigenvalue weighted by Gasteiger charge is 2.56. The van der Waals surface area contributed by atoms with Crippen molar-refractivity contribution < 1.29 is 22.5 Å². The Bertz CT molecular complexity index is 570. The summed E-state index contributed by atoms with van der Waals surface area (Å²) < 4.78 is 40.8. The summed E-state index contributed by atoms with van der Waals surface area (Å²) >= 11 is 0. The summed E-state index contributed by atoms with van der Waals surface area (Å²) in [6, 6.07) is 0. The van der Waals surface area contributed by atoms with Crippen LogP contribution in [0, 0.1) is 29.1 Å². The molecule has 5 aliphatic rings. The van der Waals surface area contributed by atoms with E-state index in [0.717, 1.165) is 38.5 Å². The molecule has 0 radical (unpaired) electrons. The molecule has 5 rings (SSSR count). The molecule has 1 atom stereocenters. The van der Waals surface area contributed by atoms with Crippen molar-refractivity contribution in [3.8, 4) is 0 Å². The Hall–Kier alpha value is -0.620. The maximum absolute atomic E-state index is 13.0. The Morgan fingerprint density at radius 1 is 0.958 bits per heavy atom. The van der Waals surface area contributed by atoms with E-state index >= 15 is 0 Å². The first kappa shape index (κ1) is 16.8. The highest BCUT2D eigenvalue weighted by Crippen LogP contribution is 2.60. The normalized spacial score (nSPS) is 40.5. The van der Waals surface area contributed by atoms with Crippen molar-refractivity contribution in [2.75, 3.05) is 0 Å². The average Bonchev–Trinajstić information content (AvgIpc) is 2.50. The zero-order valence-electron chi connectivity index (χ0n) is 14.1. The van der Waals surface area contributed by atoms with Gasteiger partial charge in [-0.3, -0.25) is 4.79 Å². The number of carbonyl (C=O) groups excluding carboxylic acids is 1. The molecule has 136 valence electrons. The Kier molecular flexibility index (Phi) is 4.19. The molecule has 0 amide bonds. The van der Waals surface area contributed by atoms with Crippen LogP contribution in [0.15, 0.2) is 0 Å². The van der Waals surface area contributed by atoms with Crippen LogP contribution in [0.1, 0.15) is 70.6 Å². The standard InChI is InChI=1S/C18H28O5S/c19-17(18-9-12-6-13(10-18)8-14(7-12)11-18)23-16(24(20,21)22)15-4-2-1-3-5-15/h12-16H,1-11H2,(H,20,21,22)/p-1. The van der Waals surface area contributed by atoms with Gasteiger partial charge in [0.25, 0.3) is 0 Å². The summed E-state index contributed by atoms with van der Waals surface area (Å²) in [7, 11) is -4.62. The average molecular weight is 355 g/mol. The quantitative estimate of drug-likeness (QED) is 0.571. The van der Waals surface area contributed by atoms with Crippen molar-refractivity contribution in [3.63, 3.8) is 0 Å². The van der Waals surface area contributed by atoms with Gasteiger partial charge in [0.05, 0.1) is 5.41 Å². The Morgan fingerprint density at radius 2 is 1.46 bits per heavy atom. The van der Waals surface area contributed by atoms with Gasteiger partial charge in [0.1, 0.15) is 10.1 Å². The summed E-state index contributed by atoms with van der Waals surface area (Å²) in [6.45, 7) is 0. The van der Waals surface area contributed by atoms with Gasteiger partial charge in [-0.05, 0) is 69.1 Å². The molecule has 0 spiro atoms. The highest BCUT2D eigenvalue weighted by molar-refractivity contribution is 7.86. The molecular formula is C18H27O5S-. The fraction of sp³-hybridized carbons (Fsp3) is 0.944. The second-order valence-corrected chi connectivity index (χ2v) is 10.3. The molecule has 0 saturated heterocycles. The smallest absolute Gasteiger partial charge is 0.313 e. The fourth-order valence-electron chi connectivity index (χ4n) is 6.39. The number of rotatable bonds is 4. The molecule has 5 saturated carbocycles. The van der Waals surface area contributed by atoms with Gasteiger partial charge in [-0.2, -0.15) is 0 Å². The van der Waals surface area contributed by atoms with Crippen LogP contribution in [-0.2, 0) is 19.6 Å². The molecule has 5 fully saturated rings. The first-order chi connectivity index (χ1) is 11.4. The van der Waals surface area contributed by atoms with Crippen LogP contribution in [0.3, 0.4) is 0 Å². The van der Waals surface area contributed by atoms with Crippen molar-refractivity contribution >= 4 is 16.1 Å². The maximum atomic E-state index is 13.0. The van der Waals surface area contributed by atoms with Gasteiger partial charge in [-0.25, -0.2) is 8.42 Å². The van der Waals surface area contributed by atoms with Gasteiger partial charge in [0.15, 0.2) is 5.44 Å². The predicted molar refractivity (Wildman–Crippen MR) is 86.8 cm³/mol. The van der Waals surface area contributed by atoms with E-state index in [2.05, 4.69) is 0 Å². The van der Waals surface area contributed by atoms with Crippen molar-refractivity contribution in [1.29, 1.82) is 0 Å². The minimum atomic E-state index is -4.62. The minimum absolute atomic E-state index is 0.320. The number of hydrogen-bond donors (Lipinski definition) is 0. The topological polar surface area (TPSA) is 83.5 Å². The summed E-state index contributed by atoms with van der Waals surface area (Å²) in [5, 5.41) is 0. The Balaban J connectivity index is 1.53. The van der Waals surface area contributed by atoms with E-state index < -0.39 is 26.9 Å². The van der Waals surface area contributed by atoms with Crippen LogP contribution in [0.25, 0.3) is 0 Å². The molecule has 4 bridgehead atoms. The SMILES string of the molecule is O=C(OC(C1CCCCC1)S(=O)(=O)[O-])C12CC3CC(CC(C3)C1)C2. The molecule has 0 aromatic rings. The lowest BCUT2D eigenvalue weighted by atomic mass is 9.49. The zero-order valence-corrected chi connectivity index (χ0v) is 14.9. The van der Waals surface area contributed by atoms with E-state index in [1.807, 2.05) is 0 Å². The van der Waals surface area contributed by atoms with Gasteiger partial charge in [0, 0.05) is 5.92 Å². The second kappa shape index (κ2) is 5.97. The van der Waals surface area contributed by atoms with Gasteiger partial charge >= 0.3 is 5.97 Å². The molecule has 0 aromatic carbocycles. The van der Waals surface area contributed by atoms with Crippen molar-refractivity contribution in [1.82, 2.24) is 0 Å². The van der Waals surface area contributed by atoms with Crippen LogP contribution in [0.4, 0.5) is 0 Å². The van der Waals surface area contributed by atoms with Crippen molar-refractivity contribution in [2.24, 2.45) is 29.1 Å². The number of esters is 1. The van der Waals surface area contributed by atoms with E-state index in [-0.39, 0.29) is 5.92 Å². The minimum Gasteiger partial charge on any atom is -0.745 e. The van der Waals surface area contributed by atoms with Crippen LogP contribution in [-0.4, -0.2) is 24.4 Å². The third-order valence-corrected chi connectivity index (χ3v) is 8.06. The van der Waals surface area contributed by atoms with Crippen LogP contribution in [0.5, 0.6) is 0 Å². The molecular weight excluding hydrogens is 328 g/mol. The molecule has 0 aliphatic heterocycles. The molecule has 24 heavy (non-hydrogen) atoms. The van der Waals surface area contributed by atoms with Crippen molar-refractivity contribution in [3.05, 3.63) is 0 Å². The van der Waals surface area contributed by atoms with Crippen molar-refractivity contribution in [2.45, 2.75) is 76.1 Å². The first-order valence-electron chi connectivity index (χ1n) is 9.51. The third kappa shape index (κ3) is 3.00. The predicted octanol–water partition coefficient (Wildman–Crippen LogP) is 3.20. The van der Waals surface area contributed by atoms with E-state index in [9.17, 15) is 17.8 Å². The molecule has 0 aromatic heterocycles. The number of ether oxygens (including phenoxy) is 1. The van der Waals surface area contributed by atoms with E-state index in [0.29, 0.717) is 30.6 Å². The summed E-state index contributed by atoms with van der Waals surface area (Å²) in [5.41, 5.74) is -1.98. The highest BCUT2D eigenvalue weighted by atomic mass is 32.2. The summed E-state index contributed by atoms with van der Waals surface area (Å²) in [6.07, 6.45) is 10.3. The molecule has 5 nitrogen and oxygen atoms in total. The lowest BCUT2D eigenvalue weighted by molar-refractivity contribution is -0.176. The van der Waals surface area contributed by atoms with Crippen LogP contribution < -0.4 is 0 Å². The lowest BCUT2D eigenvalue weighted by Gasteiger charge is -2.55. The molecule has 5 aliphatic carbocycles. The molecule has 1 unspecified atom stereocenters. The zero-order chi connectivity index (χ0) is 16.9. The monoisotopic (exact) mass is 355 g/mol. The van der Waals surface area contributed by atoms with Gasteiger partial charge in [-0.1, -0.05) is 19.3 Å². The van der Waals surface area contributed by atoms with E-state index in [1.54, 1.807) is 0 Å². The lowest BCUT2D eigenvalue weighted by Crippen LogP contribution is -2.52. The van der Waals surface area contributed by atoms with Gasteiger partial charge in [0.2, 0.25) is 0 Å². The fourth-order valence-corrected chi connectivity index (χ4v) is 7.34.